The molecule has 0 aromatic rings. The predicted octanol–water partition coefficient (Wildman–Crippen LogP) is -5.44. The molecule has 0 aromatic heterocycles. The van der Waals surface area contributed by atoms with Crippen LogP contribution in [0.2, 0.25) is 0 Å². The molecule has 0 aliphatic carbocycles. The number of quaternary nitrogens is 1. The fourth-order valence-electron chi connectivity index (χ4n) is 0. The zero-order valence-corrected chi connectivity index (χ0v) is 4.35. The van der Waals surface area contributed by atoms with Gasteiger partial charge in [0.25, 0.3) is 0 Å². The first-order chi connectivity index (χ1) is 2.00. The van der Waals surface area contributed by atoms with Crippen LogP contribution in [-0.4, -0.2) is 0 Å². The Labute approximate surface area is 39.2 Å². The van der Waals surface area contributed by atoms with Gasteiger partial charge in [-0.05, 0) is 0 Å². The molecule has 0 saturated heterocycles. The summed E-state index contributed by atoms with van der Waals surface area (Å²) in [6.45, 7) is 0. The molecule has 0 aliphatic rings. The summed E-state index contributed by atoms with van der Waals surface area (Å²) < 4.78 is 8.55. The highest BCUT2D eigenvalue weighted by Crippen LogP contribution is 2.03. The third-order valence-electron chi connectivity index (χ3n) is 0. The Bertz CT molecular complexity index is 57.8. The van der Waals surface area contributed by atoms with E-state index in [2.05, 4.69) is 0 Å². The van der Waals surface area contributed by atoms with Crippen molar-refractivity contribution in [3.05, 3.63) is 0 Å². The summed E-state index contributed by atoms with van der Waals surface area (Å²) in [5, 5.41) is 0. The van der Waals surface area contributed by atoms with Gasteiger partial charge in [-0.15, -0.1) is 0 Å². The third-order valence-corrected chi connectivity index (χ3v) is 0. The predicted molar refractivity (Wildman–Crippen MR) is 13.6 cm³/mol. The maximum atomic E-state index is 8.55. The van der Waals surface area contributed by atoms with Crippen LogP contribution in [0.3, 0.4) is 0 Å². The first-order valence-electron chi connectivity index (χ1n) is 0.730. The number of rotatable bonds is 0. The summed E-state index contributed by atoms with van der Waals surface area (Å²) >= 11 is 0. The smallest absolute Gasteiger partial charge is 0.159 e. The molecule has 0 rings (SSSR count). The Morgan fingerprint density at radius 1 is 1.14 bits per heavy atom. The van der Waals surface area contributed by atoms with Gasteiger partial charge in [0.1, 0.15) is 0 Å². The standard InChI is InChI=1S/FH.H3N.H3O4P/c;;1-5(2,3)4/h1H;1H3;(H3,1,2,3,4)/p-3. The van der Waals surface area contributed by atoms with E-state index in [0.717, 1.165) is 0 Å². The summed E-state index contributed by atoms with van der Waals surface area (Å²) in [4.78, 5) is 25.6. The van der Waals surface area contributed by atoms with Crippen molar-refractivity contribution in [2.75, 3.05) is 0 Å². The topological polar surface area (TPSA) is 123 Å². The van der Waals surface area contributed by atoms with E-state index in [-0.39, 0.29) is 10.9 Å². The van der Waals surface area contributed by atoms with E-state index in [4.69, 9.17) is 19.2 Å². The maximum absolute atomic E-state index is 8.55. The molecule has 48 valence electrons. The number of phosphoric acid groups is 1. The second-order valence-corrected chi connectivity index (χ2v) is 1.34. The minimum absolute atomic E-state index is 0. The lowest BCUT2D eigenvalue weighted by Crippen LogP contribution is -3.00. The van der Waals surface area contributed by atoms with Gasteiger partial charge >= 0.3 is 0 Å². The van der Waals surface area contributed by atoms with Crippen LogP contribution in [-0.2, 0) is 4.57 Å². The van der Waals surface area contributed by atoms with Gasteiger partial charge < -0.3 is 30.1 Å². The normalized spacial score (nSPS) is 8.43. The fourth-order valence-corrected chi connectivity index (χ4v) is 0. The summed E-state index contributed by atoms with van der Waals surface area (Å²) in [5.74, 6) is 0. The van der Waals surface area contributed by atoms with Gasteiger partial charge in [-0.25, -0.2) is 0 Å². The largest absolute Gasteiger partial charge is 1.00 e. The number of halogens is 1. The van der Waals surface area contributed by atoms with E-state index in [1.165, 1.54) is 0 Å². The quantitative estimate of drug-likeness (QED) is 0.330. The third kappa shape index (κ3) is 40699999999999999571940233313255424. The Balaban J connectivity index is -0.0000000800. The van der Waals surface area contributed by atoms with Crippen molar-refractivity contribution < 1.29 is 23.9 Å². The lowest BCUT2D eigenvalue weighted by atomic mass is 14.0. The monoisotopic (exact) mass is 132 g/mol. The van der Waals surface area contributed by atoms with Crippen LogP contribution < -0.4 is 25.5 Å². The Morgan fingerprint density at radius 3 is 1.14 bits per heavy atom. The second kappa shape index (κ2) is 4.17. The van der Waals surface area contributed by atoms with Gasteiger partial charge in [-0.3, -0.25) is 0 Å². The molecule has 0 aliphatic heterocycles. The summed E-state index contributed by atoms with van der Waals surface area (Å²) in [6.07, 6.45) is 0. The van der Waals surface area contributed by atoms with Crippen LogP contribution in [0.25, 0.3) is 0 Å². The summed E-state index contributed by atoms with van der Waals surface area (Å²) in [7, 11) is -5.39. The van der Waals surface area contributed by atoms with Crippen LogP contribution in [0.4, 0.5) is 0 Å². The lowest BCUT2D eigenvalue weighted by molar-refractivity contribution is -0.432. The van der Waals surface area contributed by atoms with Gasteiger partial charge in [0.05, 0.1) is 0 Å². The molecule has 0 fully saturated rings. The second-order valence-electron chi connectivity index (χ2n) is 0.447. The number of hydrogen-bond donors (Lipinski definition) is 1. The molecule has 0 atom stereocenters. The fraction of sp³-hybridized carbons (Fsp3) is 0. The van der Waals surface area contributed by atoms with Crippen molar-refractivity contribution in [1.29, 1.82) is 0 Å². The van der Waals surface area contributed by atoms with Crippen LogP contribution >= 0.6 is 7.82 Å². The van der Waals surface area contributed by atoms with Gasteiger partial charge in [0.2, 0.25) is 0 Å². The molecule has 0 radical (unpaired) electrons. The van der Waals surface area contributed by atoms with Crippen molar-refractivity contribution in [3.8, 4) is 0 Å². The lowest BCUT2D eigenvalue weighted by Gasteiger charge is -2.36. The van der Waals surface area contributed by atoms with E-state index in [0.29, 0.717) is 0 Å². The van der Waals surface area contributed by atoms with Gasteiger partial charge in [-0.2, -0.15) is 7.82 Å². The van der Waals surface area contributed by atoms with E-state index in [1.54, 1.807) is 0 Å². The Kier molecular flexibility index (Phi) is 9.38. The maximum Gasteiger partial charge on any atom is -0.159 e. The van der Waals surface area contributed by atoms with Gasteiger partial charge in [0, 0.05) is 0 Å². The minimum Gasteiger partial charge on any atom is -1.00 e. The van der Waals surface area contributed by atoms with Crippen molar-refractivity contribution >= 4 is 7.82 Å². The van der Waals surface area contributed by atoms with Gasteiger partial charge in [0.15, 0.2) is 0 Å². The molecule has 0 bridgehead atoms. The van der Waals surface area contributed by atoms with Crippen molar-refractivity contribution in [2.45, 2.75) is 0 Å². The highest BCUT2D eigenvalue weighted by atomic mass is 31.2. The molecular formula is H4FNO4P-3. The first-order valence-corrected chi connectivity index (χ1v) is 2.19. The molecule has 5 nitrogen and oxygen atoms in total. The van der Waals surface area contributed by atoms with Crippen LogP contribution in [0.5, 0.6) is 0 Å². The Hall–Kier alpha value is -0.0000000000000000486. The van der Waals surface area contributed by atoms with Crippen LogP contribution in [0.1, 0.15) is 0 Å². The molecule has 0 saturated carbocycles. The van der Waals surface area contributed by atoms with Gasteiger partial charge in [-0.1, -0.05) is 0 Å². The molecular weight excluding hydrogens is 128 g/mol. The average Bonchev–Trinajstić information content (AvgIpc) is 0.722. The highest BCUT2D eigenvalue weighted by molar-refractivity contribution is 7.40. The SMILES string of the molecule is O=P([O-])([O-])[O-].[F-].[NH4+]. The molecule has 0 heterocycles. The first kappa shape index (κ1) is 15.8. The van der Waals surface area contributed by atoms with E-state index >= 15 is 0 Å². The number of hydrogen-bond acceptors (Lipinski definition) is 4. The molecule has 7 heteroatoms. The molecule has 0 aromatic carbocycles. The van der Waals surface area contributed by atoms with Crippen molar-refractivity contribution in [3.63, 3.8) is 0 Å². The highest BCUT2D eigenvalue weighted by Gasteiger charge is 1.44. The van der Waals surface area contributed by atoms with E-state index < -0.39 is 7.82 Å². The van der Waals surface area contributed by atoms with E-state index in [9.17, 15) is 0 Å². The van der Waals surface area contributed by atoms with E-state index in [1.807, 2.05) is 0 Å². The summed E-state index contributed by atoms with van der Waals surface area (Å²) in [6, 6.07) is 0. The molecule has 0 amide bonds. The zero-order chi connectivity index (χ0) is 4.50. The molecule has 4 N–H and O–H groups in total. The van der Waals surface area contributed by atoms with Crippen LogP contribution in [0.15, 0.2) is 0 Å². The minimum atomic E-state index is -5.39. The van der Waals surface area contributed by atoms with Crippen LogP contribution in [0, 0.1) is 0 Å². The summed E-state index contributed by atoms with van der Waals surface area (Å²) in [5.41, 5.74) is 0. The van der Waals surface area contributed by atoms with Crippen molar-refractivity contribution in [1.82, 2.24) is 6.15 Å². The Morgan fingerprint density at radius 2 is 1.14 bits per heavy atom. The molecule has 0 unspecified atom stereocenters. The average molecular weight is 132 g/mol. The molecule has 7 heavy (non-hydrogen) atoms. The molecule has 0 spiro atoms. The zero-order valence-electron chi connectivity index (χ0n) is 3.46. The van der Waals surface area contributed by atoms with Crippen molar-refractivity contribution in [2.24, 2.45) is 0 Å².